The Morgan fingerprint density at radius 1 is 1.33 bits per heavy atom. The summed E-state index contributed by atoms with van der Waals surface area (Å²) in [6.07, 6.45) is 10.1. The van der Waals surface area contributed by atoms with Crippen LogP contribution in [0.25, 0.3) is 0 Å². The molecular weight excluding hydrogens is 148 g/mol. The van der Waals surface area contributed by atoms with Gasteiger partial charge in [0, 0.05) is 18.2 Å². The van der Waals surface area contributed by atoms with Gasteiger partial charge < -0.3 is 4.90 Å². The van der Waals surface area contributed by atoms with Crippen molar-refractivity contribution < 1.29 is 0 Å². The molecule has 2 heteroatoms. The fourth-order valence-electron chi connectivity index (χ4n) is 2.76. The van der Waals surface area contributed by atoms with Crippen molar-refractivity contribution in [3.63, 3.8) is 0 Å². The summed E-state index contributed by atoms with van der Waals surface area (Å²) >= 11 is 0. The first kappa shape index (κ1) is 6.70. The number of hydrogen-bond acceptors (Lipinski definition) is 2. The molecule has 0 aromatic carbocycles. The second kappa shape index (κ2) is 2.12. The average molecular weight is 162 g/mol. The van der Waals surface area contributed by atoms with Crippen molar-refractivity contribution in [3.8, 4) is 0 Å². The molecule has 0 saturated heterocycles. The summed E-state index contributed by atoms with van der Waals surface area (Å²) < 4.78 is 0. The SMILES string of the molecule is C1=NC2=CC3(CCCC3)CN2C1. The first-order valence-electron chi connectivity index (χ1n) is 4.88. The minimum atomic E-state index is 0.535. The standard InChI is InChI=1S/C10H14N2/c1-2-4-10(3-1)7-9-11-5-6-12(9)8-10/h5,7H,1-4,6,8H2. The molecule has 0 atom stereocenters. The van der Waals surface area contributed by atoms with E-state index in [1.165, 1.54) is 38.0 Å². The first-order valence-corrected chi connectivity index (χ1v) is 4.88. The molecule has 0 amide bonds. The van der Waals surface area contributed by atoms with Gasteiger partial charge in [-0.15, -0.1) is 0 Å². The first-order chi connectivity index (χ1) is 5.88. The molecule has 0 radical (unpaired) electrons. The van der Waals surface area contributed by atoms with Gasteiger partial charge in [0.15, 0.2) is 0 Å². The van der Waals surface area contributed by atoms with Gasteiger partial charge in [-0.3, -0.25) is 0 Å². The summed E-state index contributed by atoms with van der Waals surface area (Å²) in [5.41, 5.74) is 0.535. The van der Waals surface area contributed by atoms with Crippen molar-refractivity contribution >= 4 is 6.21 Å². The van der Waals surface area contributed by atoms with E-state index in [1.807, 2.05) is 6.21 Å². The molecule has 1 fully saturated rings. The van der Waals surface area contributed by atoms with Crippen LogP contribution in [0.15, 0.2) is 16.9 Å². The van der Waals surface area contributed by atoms with Gasteiger partial charge in [0.25, 0.3) is 0 Å². The molecule has 2 nitrogen and oxygen atoms in total. The number of aliphatic imine (C=N–C) groups is 1. The molecule has 12 heavy (non-hydrogen) atoms. The largest absolute Gasteiger partial charge is 0.351 e. The summed E-state index contributed by atoms with van der Waals surface area (Å²) in [5, 5.41) is 0. The van der Waals surface area contributed by atoms with Crippen LogP contribution in [0.2, 0.25) is 0 Å². The van der Waals surface area contributed by atoms with E-state index in [0.29, 0.717) is 5.41 Å². The van der Waals surface area contributed by atoms with Crippen LogP contribution in [0.3, 0.4) is 0 Å². The molecular formula is C10H14N2. The predicted octanol–water partition coefficient (Wildman–Crippen LogP) is 1.79. The monoisotopic (exact) mass is 162 g/mol. The van der Waals surface area contributed by atoms with Crippen LogP contribution in [0, 0.1) is 5.41 Å². The Labute approximate surface area is 73.0 Å². The highest BCUT2D eigenvalue weighted by Gasteiger charge is 2.40. The highest BCUT2D eigenvalue weighted by molar-refractivity contribution is 5.65. The van der Waals surface area contributed by atoms with Gasteiger partial charge in [0.1, 0.15) is 5.82 Å². The van der Waals surface area contributed by atoms with Crippen LogP contribution in [0.5, 0.6) is 0 Å². The van der Waals surface area contributed by atoms with Gasteiger partial charge >= 0.3 is 0 Å². The fourth-order valence-corrected chi connectivity index (χ4v) is 2.76. The van der Waals surface area contributed by atoms with E-state index < -0.39 is 0 Å². The van der Waals surface area contributed by atoms with Gasteiger partial charge in [0.05, 0.1) is 6.54 Å². The lowest BCUT2D eigenvalue weighted by molar-refractivity contribution is 0.303. The molecule has 2 heterocycles. The summed E-state index contributed by atoms with van der Waals surface area (Å²) in [6.45, 7) is 2.29. The van der Waals surface area contributed by atoms with E-state index in [0.717, 1.165) is 6.54 Å². The zero-order valence-corrected chi connectivity index (χ0v) is 7.29. The second-order valence-corrected chi connectivity index (χ2v) is 4.26. The zero-order valence-electron chi connectivity index (χ0n) is 7.29. The summed E-state index contributed by atoms with van der Waals surface area (Å²) in [4.78, 5) is 6.79. The zero-order chi connectivity index (χ0) is 8.02. The Bertz CT molecular complexity index is 259. The molecule has 1 aliphatic carbocycles. The third-order valence-corrected chi connectivity index (χ3v) is 3.39. The van der Waals surface area contributed by atoms with Crippen LogP contribution in [-0.2, 0) is 0 Å². The van der Waals surface area contributed by atoms with Crippen LogP contribution in [-0.4, -0.2) is 24.2 Å². The van der Waals surface area contributed by atoms with Crippen molar-refractivity contribution in [2.24, 2.45) is 10.4 Å². The van der Waals surface area contributed by atoms with E-state index >= 15 is 0 Å². The molecule has 64 valence electrons. The molecule has 0 unspecified atom stereocenters. The fraction of sp³-hybridized carbons (Fsp3) is 0.700. The number of nitrogens with zero attached hydrogens (tertiary/aromatic N) is 2. The number of fused-ring (bicyclic) bond motifs is 1. The smallest absolute Gasteiger partial charge is 0.125 e. The minimum Gasteiger partial charge on any atom is -0.351 e. The molecule has 3 aliphatic rings. The molecule has 3 rings (SSSR count). The quantitative estimate of drug-likeness (QED) is 0.530. The highest BCUT2D eigenvalue weighted by atomic mass is 15.3. The number of hydrogen-bond donors (Lipinski definition) is 0. The van der Waals surface area contributed by atoms with Crippen molar-refractivity contribution in [1.82, 2.24) is 4.90 Å². The van der Waals surface area contributed by atoms with Crippen LogP contribution < -0.4 is 0 Å². The Morgan fingerprint density at radius 3 is 2.92 bits per heavy atom. The third kappa shape index (κ3) is 0.780. The molecule has 1 saturated carbocycles. The molecule has 2 aliphatic heterocycles. The topological polar surface area (TPSA) is 15.6 Å². The molecule has 0 N–H and O–H groups in total. The van der Waals surface area contributed by atoms with E-state index in [9.17, 15) is 0 Å². The van der Waals surface area contributed by atoms with E-state index in [1.54, 1.807) is 0 Å². The molecule has 1 spiro atoms. The van der Waals surface area contributed by atoms with E-state index in [-0.39, 0.29) is 0 Å². The van der Waals surface area contributed by atoms with Gasteiger partial charge in [-0.1, -0.05) is 12.8 Å². The van der Waals surface area contributed by atoms with Crippen molar-refractivity contribution in [2.45, 2.75) is 25.7 Å². The third-order valence-electron chi connectivity index (χ3n) is 3.39. The van der Waals surface area contributed by atoms with Gasteiger partial charge in [0.2, 0.25) is 0 Å². The van der Waals surface area contributed by atoms with Crippen LogP contribution >= 0.6 is 0 Å². The van der Waals surface area contributed by atoms with Gasteiger partial charge in [-0.25, -0.2) is 4.99 Å². The Kier molecular flexibility index (Phi) is 1.18. The second-order valence-electron chi connectivity index (χ2n) is 4.26. The minimum absolute atomic E-state index is 0.535. The highest BCUT2D eigenvalue weighted by Crippen LogP contribution is 2.45. The van der Waals surface area contributed by atoms with Crippen molar-refractivity contribution in [1.29, 1.82) is 0 Å². The van der Waals surface area contributed by atoms with Gasteiger partial charge in [-0.2, -0.15) is 0 Å². The molecule has 0 bridgehead atoms. The van der Waals surface area contributed by atoms with Crippen molar-refractivity contribution in [3.05, 3.63) is 11.9 Å². The Balaban J connectivity index is 1.93. The lowest BCUT2D eigenvalue weighted by atomic mass is 9.88. The molecule has 0 aromatic heterocycles. The van der Waals surface area contributed by atoms with Crippen LogP contribution in [0.4, 0.5) is 0 Å². The molecule has 0 aromatic rings. The van der Waals surface area contributed by atoms with E-state index in [2.05, 4.69) is 16.0 Å². The predicted molar refractivity (Wildman–Crippen MR) is 49.0 cm³/mol. The maximum absolute atomic E-state index is 4.38. The Hall–Kier alpha value is -0.790. The lowest BCUT2D eigenvalue weighted by Gasteiger charge is -2.22. The summed E-state index contributed by atoms with van der Waals surface area (Å²) in [6, 6.07) is 0. The summed E-state index contributed by atoms with van der Waals surface area (Å²) in [7, 11) is 0. The maximum atomic E-state index is 4.38. The number of rotatable bonds is 0. The van der Waals surface area contributed by atoms with Crippen LogP contribution in [0.1, 0.15) is 25.7 Å². The average Bonchev–Trinajstić information content (AvgIpc) is 2.66. The van der Waals surface area contributed by atoms with E-state index in [4.69, 9.17) is 0 Å². The maximum Gasteiger partial charge on any atom is 0.125 e. The Morgan fingerprint density at radius 2 is 2.17 bits per heavy atom. The summed E-state index contributed by atoms with van der Waals surface area (Å²) in [5.74, 6) is 1.25. The lowest BCUT2D eigenvalue weighted by Crippen LogP contribution is -2.25. The van der Waals surface area contributed by atoms with Gasteiger partial charge in [-0.05, 0) is 18.9 Å². The van der Waals surface area contributed by atoms with Crippen molar-refractivity contribution in [2.75, 3.05) is 13.1 Å². The normalized spacial score (nSPS) is 30.0.